The smallest absolute Gasteiger partial charge is 0.452 e. The second-order valence-corrected chi connectivity index (χ2v) is 11.1. The SMILES string of the molecule is Cc1cccc(C)c1N=C(N/N=C/c1ccc(C(N)=NC=Nc2ccc(OC(F)(F)F)cc2)cc1)SCOC(=O)C(C)OCC(C)(F)F. The topological polar surface area (TPSA) is 132 Å². The first kappa shape index (κ1) is 37.6. The minimum Gasteiger partial charge on any atom is -0.452 e. The Hall–Kier alpha value is -4.83. The molecule has 0 amide bonds. The molecule has 10 nitrogen and oxygen atoms in total. The van der Waals surface area contributed by atoms with Crippen LogP contribution in [0.5, 0.6) is 5.75 Å². The lowest BCUT2D eigenvalue weighted by Gasteiger charge is -2.16. The summed E-state index contributed by atoms with van der Waals surface area (Å²) in [5, 5.41) is 4.55. The van der Waals surface area contributed by atoms with Crippen LogP contribution in [0.2, 0.25) is 0 Å². The molecule has 3 aromatic rings. The van der Waals surface area contributed by atoms with Crippen molar-refractivity contribution in [2.75, 3.05) is 12.5 Å². The lowest BCUT2D eigenvalue weighted by Crippen LogP contribution is -2.29. The number of nitrogens with two attached hydrogens (primary N) is 1. The number of nitrogens with zero attached hydrogens (tertiary/aromatic N) is 4. The number of carbonyl (C=O) groups is 1. The maximum Gasteiger partial charge on any atom is 0.573 e. The Labute approximate surface area is 278 Å². The Morgan fingerprint density at radius 2 is 1.65 bits per heavy atom. The summed E-state index contributed by atoms with van der Waals surface area (Å²) in [6.45, 7) is 4.90. The summed E-state index contributed by atoms with van der Waals surface area (Å²) in [5.41, 5.74) is 13.0. The summed E-state index contributed by atoms with van der Waals surface area (Å²) >= 11 is 1.04. The molecule has 0 aliphatic heterocycles. The van der Waals surface area contributed by atoms with Gasteiger partial charge in [0.1, 0.15) is 30.5 Å². The number of thioether (sulfide) groups is 1. The highest BCUT2D eigenvalue weighted by Gasteiger charge is 2.31. The average Bonchev–Trinajstić information content (AvgIpc) is 3.01. The molecule has 0 spiro atoms. The molecule has 0 radical (unpaired) electrons. The minimum atomic E-state index is -4.78. The van der Waals surface area contributed by atoms with Crippen molar-refractivity contribution in [3.05, 3.63) is 89.0 Å². The number of esters is 1. The minimum absolute atomic E-state index is 0.148. The standard InChI is InChI=1S/C32H33F5N6O4S/c1-20-6-5-7-21(2)27(20)42-30(48-19-46-29(44)22(3)45-17-31(4,33)34)43-41-16-23-8-10-24(11-9-23)28(38)40-18-39-25-12-14-26(15-13-25)47-32(35,36)37/h5-16,18,22H,17,19H2,1-4H3,(H,42,43)(H2,38,39,40)/b41-16+. The zero-order valence-electron chi connectivity index (χ0n) is 26.3. The number of ether oxygens (including phenoxy) is 3. The van der Waals surface area contributed by atoms with E-state index in [1.807, 2.05) is 32.0 Å². The van der Waals surface area contributed by atoms with Gasteiger partial charge in [0.2, 0.25) is 0 Å². The Kier molecular flexibility index (Phi) is 13.6. The lowest BCUT2D eigenvalue weighted by atomic mass is 10.1. The van der Waals surface area contributed by atoms with Crippen LogP contribution >= 0.6 is 11.8 Å². The van der Waals surface area contributed by atoms with Gasteiger partial charge in [0.25, 0.3) is 5.92 Å². The highest BCUT2D eigenvalue weighted by molar-refractivity contribution is 8.13. The molecule has 0 saturated heterocycles. The summed E-state index contributed by atoms with van der Waals surface area (Å²) in [7, 11) is 0. The number of hydrogen-bond acceptors (Lipinski definition) is 8. The van der Waals surface area contributed by atoms with Crippen molar-refractivity contribution in [2.45, 2.75) is 46.1 Å². The molecule has 0 aliphatic carbocycles. The number of aliphatic imine (C=N–C) groups is 3. The third kappa shape index (κ3) is 13.5. The lowest BCUT2D eigenvalue weighted by molar-refractivity contribution is -0.274. The molecule has 0 aromatic heterocycles. The molecule has 256 valence electrons. The Morgan fingerprint density at radius 1 is 1.00 bits per heavy atom. The van der Waals surface area contributed by atoms with E-state index in [0.29, 0.717) is 34.6 Å². The van der Waals surface area contributed by atoms with E-state index in [2.05, 4.69) is 30.2 Å². The van der Waals surface area contributed by atoms with E-state index in [1.54, 1.807) is 24.3 Å². The quantitative estimate of drug-likeness (QED) is 0.0485. The van der Waals surface area contributed by atoms with Gasteiger partial charge in [-0.05, 0) is 73.5 Å². The third-order valence-corrected chi connectivity index (χ3v) is 6.71. The number of para-hydroxylation sites is 1. The molecule has 0 heterocycles. The fourth-order valence-corrected chi connectivity index (χ4v) is 4.20. The number of benzene rings is 3. The van der Waals surface area contributed by atoms with Crippen LogP contribution in [0.3, 0.4) is 0 Å². The van der Waals surface area contributed by atoms with Gasteiger partial charge in [-0.25, -0.2) is 28.6 Å². The number of aryl methyl sites for hydroxylation is 2. The summed E-state index contributed by atoms with van der Waals surface area (Å²) < 4.78 is 76.9. The van der Waals surface area contributed by atoms with Crippen LogP contribution in [0.25, 0.3) is 0 Å². The predicted molar refractivity (Wildman–Crippen MR) is 177 cm³/mol. The number of hydrogen-bond donors (Lipinski definition) is 2. The Balaban J connectivity index is 1.62. The zero-order valence-corrected chi connectivity index (χ0v) is 27.1. The van der Waals surface area contributed by atoms with Crippen molar-refractivity contribution in [1.29, 1.82) is 0 Å². The first-order valence-electron chi connectivity index (χ1n) is 14.1. The molecular weight excluding hydrogens is 659 g/mol. The summed E-state index contributed by atoms with van der Waals surface area (Å²) in [6.07, 6.45) is -3.26. The van der Waals surface area contributed by atoms with Crippen molar-refractivity contribution < 1.29 is 41.0 Å². The van der Waals surface area contributed by atoms with E-state index < -0.39 is 31.0 Å². The first-order chi connectivity index (χ1) is 22.6. The van der Waals surface area contributed by atoms with Gasteiger partial charge in [-0.2, -0.15) is 5.10 Å². The van der Waals surface area contributed by atoms with E-state index in [-0.39, 0.29) is 17.5 Å². The van der Waals surface area contributed by atoms with E-state index in [1.165, 1.54) is 31.6 Å². The maximum atomic E-state index is 13.1. The first-order valence-corrected chi connectivity index (χ1v) is 15.1. The molecule has 3 N–H and O–H groups in total. The summed E-state index contributed by atoms with van der Waals surface area (Å²) in [4.78, 5) is 25.0. The summed E-state index contributed by atoms with van der Waals surface area (Å²) in [5.74, 6) is -4.28. The highest BCUT2D eigenvalue weighted by atomic mass is 32.2. The fourth-order valence-electron chi connectivity index (χ4n) is 3.64. The fraction of sp³-hybridized carbons (Fsp3) is 0.281. The summed E-state index contributed by atoms with van der Waals surface area (Å²) in [6, 6.07) is 17.5. The van der Waals surface area contributed by atoms with Gasteiger partial charge in [0, 0.05) is 12.5 Å². The highest BCUT2D eigenvalue weighted by Crippen LogP contribution is 2.26. The second-order valence-electron chi connectivity index (χ2n) is 10.2. The van der Waals surface area contributed by atoms with Crippen molar-refractivity contribution in [2.24, 2.45) is 25.8 Å². The van der Waals surface area contributed by atoms with Crippen LogP contribution in [0.4, 0.5) is 33.3 Å². The second kappa shape index (κ2) is 17.4. The molecule has 0 aliphatic rings. The Morgan fingerprint density at radius 3 is 2.25 bits per heavy atom. The number of amidine groups is 2. The monoisotopic (exact) mass is 692 g/mol. The van der Waals surface area contributed by atoms with E-state index in [4.69, 9.17) is 15.2 Å². The van der Waals surface area contributed by atoms with Gasteiger partial charge >= 0.3 is 12.3 Å². The molecular formula is C32H33F5N6O4S. The van der Waals surface area contributed by atoms with Gasteiger partial charge in [0.05, 0.1) is 17.6 Å². The number of nitrogens with one attached hydrogen (secondary N) is 1. The van der Waals surface area contributed by atoms with Crippen LogP contribution < -0.4 is 15.9 Å². The predicted octanol–water partition coefficient (Wildman–Crippen LogP) is 7.17. The van der Waals surface area contributed by atoms with Crippen LogP contribution in [0.1, 0.15) is 36.1 Å². The van der Waals surface area contributed by atoms with Crippen molar-refractivity contribution in [3.8, 4) is 5.75 Å². The van der Waals surface area contributed by atoms with Gasteiger partial charge in [-0.3, -0.25) is 5.43 Å². The molecule has 48 heavy (non-hydrogen) atoms. The molecule has 3 aromatic carbocycles. The maximum absolute atomic E-state index is 13.1. The number of carbonyl (C=O) groups excluding carboxylic acids is 1. The zero-order chi connectivity index (χ0) is 35.3. The van der Waals surface area contributed by atoms with Gasteiger partial charge in [-0.15, -0.1) is 13.2 Å². The third-order valence-electron chi connectivity index (χ3n) is 6.02. The van der Waals surface area contributed by atoms with E-state index in [0.717, 1.165) is 35.0 Å². The molecule has 1 atom stereocenters. The van der Waals surface area contributed by atoms with Gasteiger partial charge in [0.15, 0.2) is 11.3 Å². The molecule has 3 rings (SSSR count). The van der Waals surface area contributed by atoms with Crippen molar-refractivity contribution in [1.82, 2.24) is 5.43 Å². The molecule has 0 saturated carbocycles. The molecule has 1 unspecified atom stereocenters. The normalized spacial score (nSPS) is 13.6. The molecule has 0 fully saturated rings. The van der Waals surface area contributed by atoms with E-state index >= 15 is 0 Å². The Bertz CT molecular complexity index is 1620. The molecule has 16 heteroatoms. The van der Waals surface area contributed by atoms with Gasteiger partial charge < -0.3 is 19.9 Å². The largest absolute Gasteiger partial charge is 0.573 e. The number of alkyl halides is 5. The number of hydrazone groups is 1. The average molecular weight is 693 g/mol. The van der Waals surface area contributed by atoms with Crippen LogP contribution in [-0.2, 0) is 14.3 Å². The number of halogens is 5. The van der Waals surface area contributed by atoms with Crippen molar-refractivity contribution >= 4 is 52.7 Å². The van der Waals surface area contributed by atoms with E-state index in [9.17, 15) is 26.7 Å². The molecule has 0 bridgehead atoms. The van der Waals surface area contributed by atoms with Crippen LogP contribution in [0.15, 0.2) is 86.8 Å². The van der Waals surface area contributed by atoms with Crippen LogP contribution in [0, 0.1) is 13.8 Å². The number of rotatable bonds is 13. The van der Waals surface area contributed by atoms with Crippen LogP contribution in [-0.4, -0.2) is 60.5 Å². The van der Waals surface area contributed by atoms with Gasteiger partial charge in [-0.1, -0.05) is 42.5 Å². The van der Waals surface area contributed by atoms with Crippen molar-refractivity contribution in [3.63, 3.8) is 0 Å².